The molecule has 8 heteroatoms. The maximum atomic E-state index is 12.9. The van der Waals surface area contributed by atoms with Crippen LogP contribution >= 0.6 is 11.8 Å². The van der Waals surface area contributed by atoms with Crippen LogP contribution in [0.25, 0.3) is 0 Å². The van der Waals surface area contributed by atoms with Gasteiger partial charge in [0.1, 0.15) is 11.9 Å². The highest BCUT2D eigenvalue weighted by Gasteiger charge is 2.21. The Morgan fingerprint density at radius 3 is 2.19 bits per heavy atom. The summed E-state index contributed by atoms with van der Waals surface area (Å²) >= 11 is 1.54. The minimum atomic E-state index is -0.807. The molecule has 0 fully saturated rings. The highest BCUT2D eigenvalue weighted by molar-refractivity contribution is 7.98. The van der Waals surface area contributed by atoms with Gasteiger partial charge in [-0.3, -0.25) is 25.2 Å². The van der Waals surface area contributed by atoms with Crippen molar-refractivity contribution in [2.75, 3.05) is 12.0 Å². The smallest absolute Gasteiger partial charge is 0.269 e. The quantitative estimate of drug-likeness (QED) is 0.633. The van der Waals surface area contributed by atoms with Crippen LogP contribution in [0.4, 0.5) is 4.39 Å². The summed E-state index contributed by atoms with van der Waals surface area (Å²) < 4.78 is 12.9. The van der Waals surface area contributed by atoms with Gasteiger partial charge < -0.3 is 5.32 Å². The minimum Gasteiger partial charge on any atom is -0.340 e. The van der Waals surface area contributed by atoms with Crippen molar-refractivity contribution in [3.05, 3.63) is 71.5 Å². The third kappa shape index (κ3) is 6.41. The molecule has 0 heterocycles. The molecule has 0 aliphatic rings. The number of nitrogens with one attached hydrogen (secondary N) is 3. The first kappa shape index (κ1) is 20.4. The topological polar surface area (TPSA) is 87.3 Å². The fraction of sp³-hybridized carbons (Fsp3) is 0.211. The summed E-state index contributed by atoms with van der Waals surface area (Å²) in [4.78, 5) is 36.7. The van der Waals surface area contributed by atoms with Gasteiger partial charge >= 0.3 is 0 Å². The Labute approximate surface area is 160 Å². The molecular weight excluding hydrogens is 369 g/mol. The number of hydrazine groups is 1. The van der Waals surface area contributed by atoms with E-state index in [1.54, 1.807) is 30.3 Å². The Morgan fingerprint density at radius 2 is 1.56 bits per heavy atom. The van der Waals surface area contributed by atoms with Gasteiger partial charge in [-0.25, -0.2) is 4.39 Å². The van der Waals surface area contributed by atoms with Crippen LogP contribution in [-0.4, -0.2) is 35.8 Å². The standard InChI is InChI=1S/C19H20FN3O3S/c1-27-12-11-16(21-17(24)13-5-3-2-4-6-13)19(26)23-22-18(25)14-7-9-15(20)10-8-14/h2-10,16H,11-12H2,1H3,(H,21,24)(H,22,25)(H,23,26)/t16-/m1/s1. The Kier molecular flexibility index (Phi) is 7.81. The zero-order valence-corrected chi connectivity index (χ0v) is 15.5. The molecule has 0 radical (unpaired) electrons. The summed E-state index contributed by atoms with van der Waals surface area (Å²) in [6, 6.07) is 12.7. The molecule has 3 amide bonds. The molecule has 1 atom stereocenters. The normalized spacial score (nSPS) is 11.3. The van der Waals surface area contributed by atoms with Crippen LogP contribution in [0.3, 0.4) is 0 Å². The molecule has 2 aromatic carbocycles. The van der Waals surface area contributed by atoms with Crippen molar-refractivity contribution < 1.29 is 18.8 Å². The summed E-state index contributed by atoms with van der Waals surface area (Å²) in [5, 5.41) is 2.67. The van der Waals surface area contributed by atoms with E-state index in [1.807, 2.05) is 6.26 Å². The van der Waals surface area contributed by atoms with Gasteiger partial charge in [-0.05, 0) is 54.8 Å². The fourth-order valence-electron chi connectivity index (χ4n) is 2.21. The van der Waals surface area contributed by atoms with Crippen molar-refractivity contribution >= 4 is 29.5 Å². The maximum absolute atomic E-state index is 12.9. The van der Waals surface area contributed by atoms with Crippen molar-refractivity contribution in [1.82, 2.24) is 16.2 Å². The highest BCUT2D eigenvalue weighted by Crippen LogP contribution is 2.05. The molecule has 0 aliphatic carbocycles. The van der Waals surface area contributed by atoms with E-state index < -0.39 is 23.7 Å². The van der Waals surface area contributed by atoms with Crippen LogP contribution < -0.4 is 16.2 Å². The van der Waals surface area contributed by atoms with E-state index in [0.717, 1.165) is 12.1 Å². The lowest BCUT2D eigenvalue weighted by Gasteiger charge is -2.18. The number of hydrogen-bond donors (Lipinski definition) is 3. The predicted molar refractivity (Wildman–Crippen MR) is 103 cm³/mol. The van der Waals surface area contributed by atoms with Gasteiger partial charge in [0.15, 0.2) is 0 Å². The first-order chi connectivity index (χ1) is 13.0. The van der Waals surface area contributed by atoms with E-state index in [0.29, 0.717) is 17.7 Å². The van der Waals surface area contributed by atoms with E-state index in [-0.39, 0.29) is 11.5 Å². The van der Waals surface area contributed by atoms with Crippen LogP contribution in [0, 0.1) is 5.82 Å². The van der Waals surface area contributed by atoms with Crippen molar-refractivity contribution in [2.45, 2.75) is 12.5 Å². The monoisotopic (exact) mass is 389 g/mol. The van der Waals surface area contributed by atoms with E-state index >= 15 is 0 Å². The second kappa shape index (κ2) is 10.3. The largest absolute Gasteiger partial charge is 0.340 e. The molecule has 0 bridgehead atoms. The minimum absolute atomic E-state index is 0.200. The molecule has 27 heavy (non-hydrogen) atoms. The molecule has 142 valence electrons. The number of hydrogen-bond acceptors (Lipinski definition) is 4. The van der Waals surface area contributed by atoms with Gasteiger partial charge in [0.25, 0.3) is 17.7 Å². The molecule has 3 N–H and O–H groups in total. The zero-order chi connectivity index (χ0) is 19.6. The van der Waals surface area contributed by atoms with Gasteiger partial charge in [-0.1, -0.05) is 18.2 Å². The van der Waals surface area contributed by atoms with Crippen LogP contribution in [0.1, 0.15) is 27.1 Å². The second-order valence-corrected chi connectivity index (χ2v) is 6.61. The average Bonchev–Trinajstić information content (AvgIpc) is 2.70. The zero-order valence-electron chi connectivity index (χ0n) is 14.7. The SMILES string of the molecule is CSCC[C@@H](NC(=O)c1ccccc1)C(=O)NNC(=O)c1ccc(F)cc1. The molecule has 0 aromatic heterocycles. The molecule has 0 saturated heterocycles. The van der Waals surface area contributed by atoms with Crippen LogP contribution in [0.2, 0.25) is 0 Å². The van der Waals surface area contributed by atoms with Crippen LogP contribution in [0.15, 0.2) is 54.6 Å². The van der Waals surface area contributed by atoms with Crippen molar-refractivity contribution in [3.63, 3.8) is 0 Å². The number of benzene rings is 2. The lowest BCUT2D eigenvalue weighted by molar-refractivity contribution is -0.123. The number of halogens is 1. The molecule has 0 unspecified atom stereocenters. The number of rotatable bonds is 7. The van der Waals surface area contributed by atoms with Crippen molar-refractivity contribution in [2.24, 2.45) is 0 Å². The van der Waals surface area contributed by atoms with Gasteiger partial charge in [0.05, 0.1) is 0 Å². The molecule has 6 nitrogen and oxygen atoms in total. The molecular formula is C19H20FN3O3S. The Bertz CT molecular complexity index is 785. The van der Waals surface area contributed by atoms with E-state index in [1.165, 1.54) is 23.9 Å². The molecule has 2 rings (SSSR count). The van der Waals surface area contributed by atoms with E-state index in [2.05, 4.69) is 16.2 Å². The lowest BCUT2D eigenvalue weighted by Crippen LogP contribution is -2.52. The van der Waals surface area contributed by atoms with Crippen LogP contribution in [0.5, 0.6) is 0 Å². The summed E-state index contributed by atoms with van der Waals surface area (Å²) in [6.45, 7) is 0. The number of amides is 3. The van der Waals surface area contributed by atoms with Crippen molar-refractivity contribution in [3.8, 4) is 0 Å². The summed E-state index contributed by atoms with van der Waals surface area (Å²) in [5.41, 5.74) is 5.21. The lowest BCUT2D eigenvalue weighted by atomic mass is 10.1. The van der Waals surface area contributed by atoms with Gasteiger partial charge in [0, 0.05) is 11.1 Å². The van der Waals surface area contributed by atoms with Crippen molar-refractivity contribution in [1.29, 1.82) is 0 Å². The molecule has 0 aliphatic heterocycles. The Hall–Kier alpha value is -2.87. The molecule has 0 saturated carbocycles. The predicted octanol–water partition coefficient (Wildman–Crippen LogP) is 2.14. The number of thioether (sulfide) groups is 1. The Morgan fingerprint density at radius 1 is 0.926 bits per heavy atom. The molecule has 0 spiro atoms. The second-order valence-electron chi connectivity index (χ2n) is 5.62. The summed E-state index contributed by atoms with van der Waals surface area (Å²) in [5.74, 6) is -1.30. The summed E-state index contributed by atoms with van der Waals surface area (Å²) in [6.07, 6.45) is 2.29. The van der Waals surface area contributed by atoms with E-state index in [4.69, 9.17) is 0 Å². The third-order valence-corrected chi connectivity index (χ3v) is 4.32. The maximum Gasteiger partial charge on any atom is 0.269 e. The van der Waals surface area contributed by atoms with Gasteiger partial charge in [0.2, 0.25) is 0 Å². The van der Waals surface area contributed by atoms with Gasteiger partial charge in [-0.15, -0.1) is 0 Å². The number of carbonyl (C=O) groups is 3. The van der Waals surface area contributed by atoms with Gasteiger partial charge in [-0.2, -0.15) is 11.8 Å². The third-order valence-electron chi connectivity index (χ3n) is 3.67. The first-order valence-electron chi connectivity index (χ1n) is 8.22. The summed E-state index contributed by atoms with van der Waals surface area (Å²) in [7, 11) is 0. The fourth-order valence-corrected chi connectivity index (χ4v) is 2.69. The average molecular weight is 389 g/mol. The highest BCUT2D eigenvalue weighted by atomic mass is 32.2. The van der Waals surface area contributed by atoms with E-state index in [9.17, 15) is 18.8 Å². The Balaban J connectivity index is 1.96. The first-order valence-corrected chi connectivity index (χ1v) is 9.61. The molecule has 2 aromatic rings. The van der Waals surface area contributed by atoms with Crippen LogP contribution in [-0.2, 0) is 4.79 Å². The number of carbonyl (C=O) groups excluding carboxylic acids is 3.